The van der Waals surface area contributed by atoms with Gasteiger partial charge in [0.05, 0.1) is 0 Å². The Hall–Kier alpha value is -2.14. The zero-order valence-electron chi connectivity index (χ0n) is 18.7. The molecule has 5 atom stereocenters. The largest absolute Gasteiger partial charge is 0.463 e. The van der Waals surface area contributed by atoms with Gasteiger partial charge in [0.15, 0.2) is 26.8 Å². The molecule has 0 aromatic rings. The fraction of sp³-hybridized carbons (Fsp3) is 0.833. The summed E-state index contributed by atoms with van der Waals surface area (Å²) in [6.45, 7) is 13.3. The highest BCUT2D eigenvalue weighted by molar-refractivity contribution is 6.74. The van der Waals surface area contributed by atoms with Crippen LogP contribution in [-0.4, -0.2) is 63.5 Å². The number of rotatable bonds is 7. The number of esters is 3. The molecule has 0 saturated carbocycles. The highest BCUT2D eigenvalue weighted by atomic mass is 28.4. The molecule has 1 rings (SSSR count). The minimum absolute atomic E-state index is 0.202. The Bertz CT molecular complexity index is 702. The fourth-order valence-corrected chi connectivity index (χ4v) is 3.76. The first-order chi connectivity index (χ1) is 13.7. The monoisotopic (exact) mass is 445 g/mol. The zero-order chi connectivity index (χ0) is 23.3. The molecule has 0 amide bonds. The smallest absolute Gasteiger partial charge is 0.303 e. The SMILES string of the molecule is CC(=O)OC[C@H]1O[C@@H](O[Si](C)(C)C(C)(C)C)[C@@H](N=[N+]=[N-])[C@@H](OC(C)=O)[C@@H]1OC(C)=O. The van der Waals surface area contributed by atoms with E-state index in [-0.39, 0.29) is 11.6 Å². The van der Waals surface area contributed by atoms with Crippen molar-refractivity contribution in [2.45, 2.75) is 90.3 Å². The van der Waals surface area contributed by atoms with Crippen LogP contribution in [0.25, 0.3) is 10.4 Å². The maximum absolute atomic E-state index is 11.8. The van der Waals surface area contributed by atoms with Crippen molar-refractivity contribution in [3.63, 3.8) is 0 Å². The molecule has 0 aromatic heterocycles. The molecule has 1 aliphatic rings. The summed E-state index contributed by atoms with van der Waals surface area (Å²) >= 11 is 0. The van der Waals surface area contributed by atoms with Crippen LogP contribution < -0.4 is 0 Å². The number of azide groups is 1. The van der Waals surface area contributed by atoms with Gasteiger partial charge in [-0.2, -0.15) is 0 Å². The Morgan fingerprint density at radius 2 is 1.57 bits per heavy atom. The van der Waals surface area contributed by atoms with E-state index in [0.29, 0.717) is 0 Å². The van der Waals surface area contributed by atoms with Crippen molar-refractivity contribution < 1.29 is 37.8 Å². The summed E-state index contributed by atoms with van der Waals surface area (Å²) in [5, 5.41) is 3.53. The highest BCUT2D eigenvalue weighted by Crippen LogP contribution is 2.40. The molecule has 170 valence electrons. The van der Waals surface area contributed by atoms with Gasteiger partial charge in [-0.25, -0.2) is 0 Å². The van der Waals surface area contributed by atoms with Gasteiger partial charge in [-0.05, 0) is 23.7 Å². The molecule has 0 aromatic carbocycles. The van der Waals surface area contributed by atoms with Crippen molar-refractivity contribution in [3.8, 4) is 0 Å². The molecule has 1 heterocycles. The lowest BCUT2D eigenvalue weighted by atomic mass is 9.97. The van der Waals surface area contributed by atoms with Gasteiger partial charge in [0.2, 0.25) is 0 Å². The van der Waals surface area contributed by atoms with Crippen LogP contribution >= 0.6 is 0 Å². The van der Waals surface area contributed by atoms with Crippen molar-refractivity contribution >= 4 is 26.2 Å². The van der Waals surface area contributed by atoms with Gasteiger partial charge in [-0.3, -0.25) is 14.4 Å². The summed E-state index contributed by atoms with van der Waals surface area (Å²) in [5.74, 6) is -1.91. The lowest BCUT2D eigenvalue weighted by molar-refractivity contribution is -0.255. The number of carbonyl (C=O) groups is 3. The molecule has 1 aliphatic heterocycles. The van der Waals surface area contributed by atoms with Crippen LogP contribution in [0.2, 0.25) is 18.1 Å². The molecule has 12 heteroatoms. The third kappa shape index (κ3) is 6.98. The van der Waals surface area contributed by atoms with E-state index in [1.807, 2.05) is 33.9 Å². The first kappa shape index (κ1) is 25.9. The molecule has 0 spiro atoms. The van der Waals surface area contributed by atoms with Crippen molar-refractivity contribution in [2.75, 3.05) is 6.61 Å². The maximum Gasteiger partial charge on any atom is 0.303 e. The zero-order valence-corrected chi connectivity index (χ0v) is 19.7. The first-order valence-electron chi connectivity index (χ1n) is 9.55. The van der Waals surface area contributed by atoms with Gasteiger partial charge >= 0.3 is 17.9 Å². The van der Waals surface area contributed by atoms with E-state index < -0.39 is 56.9 Å². The molecular formula is C18H31N3O8Si. The van der Waals surface area contributed by atoms with Gasteiger partial charge in [0, 0.05) is 25.7 Å². The highest BCUT2D eigenvalue weighted by Gasteiger charge is 2.53. The van der Waals surface area contributed by atoms with E-state index >= 15 is 0 Å². The second kappa shape index (κ2) is 10.2. The van der Waals surface area contributed by atoms with Crippen molar-refractivity contribution in [3.05, 3.63) is 10.4 Å². The molecule has 1 saturated heterocycles. The van der Waals surface area contributed by atoms with Crippen LogP contribution in [0.3, 0.4) is 0 Å². The van der Waals surface area contributed by atoms with E-state index in [1.54, 1.807) is 0 Å². The molecule has 11 nitrogen and oxygen atoms in total. The molecule has 30 heavy (non-hydrogen) atoms. The predicted octanol–water partition coefficient (Wildman–Crippen LogP) is 2.84. The lowest BCUT2D eigenvalue weighted by Crippen LogP contribution is -2.63. The fourth-order valence-electron chi connectivity index (χ4n) is 2.63. The minimum Gasteiger partial charge on any atom is -0.463 e. The molecule has 0 radical (unpaired) electrons. The van der Waals surface area contributed by atoms with E-state index in [2.05, 4.69) is 10.0 Å². The van der Waals surface area contributed by atoms with Crippen LogP contribution in [-0.2, 0) is 37.8 Å². The second-order valence-corrected chi connectivity index (χ2v) is 13.3. The third-order valence-corrected chi connectivity index (χ3v) is 9.51. The first-order valence-corrected chi connectivity index (χ1v) is 12.5. The lowest BCUT2D eigenvalue weighted by Gasteiger charge is -2.47. The summed E-state index contributed by atoms with van der Waals surface area (Å²) in [7, 11) is -2.43. The summed E-state index contributed by atoms with van der Waals surface area (Å²) < 4.78 is 28.0. The Balaban J connectivity index is 3.41. The van der Waals surface area contributed by atoms with Crippen LogP contribution in [0.15, 0.2) is 5.11 Å². The van der Waals surface area contributed by atoms with E-state index in [9.17, 15) is 14.4 Å². The van der Waals surface area contributed by atoms with Gasteiger partial charge < -0.3 is 23.4 Å². The van der Waals surface area contributed by atoms with Crippen LogP contribution in [0.4, 0.5) is 0 Å². The van der Waals surface area contributed by atoms with Gasteiger partial charge in [0.25, 0.3) is 0 Å². The van der Waals surface area contributed by atoms with E-state index in [0.717, 1.165) is 0 Å². The Morgan fingerprint density at radius 3 is 2.00 bits per heavy atom. The topological polar surface area (TPSA) is 146 Å². The minimum atomic E-state index is -2.43. The number of carbonyl (C=O) groups excluding carboxylic acids is 3. The molecule has 0 bridgehead atoms. The summed E-state index contributed by atoms with van der Waals surface area (Å²) in [5.41, 5.74) is 9.10. The Kier molecular flexibility index (Phi) is 8.85. The molecular weight excluding hydrogens is 414 g/mol. The van der Waals surface area contributed by atoms with Gasteiger partial charge in [0.1, 0.15) is 18.8 Å². The van der Waals surface area contributed by atoms with E-state index in [1.165, 1.54) is 20.8 Å². The number of hydrogen-bond acceptors (Lipinski definition) is 9. The predicted molar refractivity (Wildman–Crippen MR) is 108 cm³/mol. The number of nitrogens with zero attached hydrogens (tertiary/aromatic N) is 3. The molecule has 0 aliphatic carbocycles. The Labute approximate surface area is 177 Å². The van der Waals surface area contributed by atoms with Crippen molar-refractivity contribution in [1.82, 2.24) is 0 Å². The average Bonchev–Trinajstić information content (AvgIpc) is 2.56. The van der Waals surface area contributed by atoms with Crippen LogP contribution in [0.5, 0.6) is 0 Å². The van der Waals surface area contributed by atoms with Crippen LogP contribution in [0, 0.1) is 0 Å². The van der Waals surface area contributed by atoms with Gasteiger partial charge in [-0.15, -0.1) is 0 Å². The normalized spacial score (nSPS) is 26.9. The molecule has 0 N–H and O–H groups in total. The standard InChI is InChI=1S/C18H31N3O8Si/c1-10(22)25-9-13-15(26-11(2)23)16(27-12(3)24)14(20-21-19)17(28-13)29-30(7,8)18(4,5)6/h13-17H,9H2,1-8H3/t13-,14+,15-,16-,17+/m1/s1. The van der Waals surface area contributed by atoms with Crippen molar-refractivity contribution in [2.24, 2.45) is 5.11 Å². The second-order valence-electron chi connectivity index (χ2n) is 8.57. The molecule has 1 fully saturated rings. The Morgan fingerprint density at radius 1 is 1.03 bits per heavy atom. The number of hydrogen-bond donors (Lipinski definition) is 0. The maximum atomic E-state index is 11.8. The van der Waals surface area contributed by atoms with Gasteiger partial charge in [-0.1, -0.05) is 25.9 Å². The summed E-state index contributed by atoms with van der Waals surface area (Å²) in [4.78, 5) is 37.6. The van der Waals surface area contributed by atoms with Crippen molar-refractivity contribution in [1.29, 1.82) is 0 Å². The third-order valence-electron chi connectivity index (χ3n) is 5.07. The summed E-state index contributed by atoms with van der Waals surface area (Å²) in [6, 6.07) is -1.12. The molecule has 0 unspecified atom stereocenters. The summed E-state index contributed by atoms with van der Waals surface area (Å²) in [6.07, 6.45) is -4.45. The number of ether oxygens (including phenoxy) is 4. The van der Waals surface area contributed by atoms with Crippen LogP contribution in [0.1, 0.15) is 41.5 Å². The van der Waals surface area contributed by atoms with E-state index in [4.69, 9.17) is 28.9 Å². The quantitative estimate of drug-likeness (QED) is 0.145. The average molecular weight is 446 g/mol.